The second kappa shape index (κ2) is 5.79. The maximum Gasteiger partial charge on any atom is -0.0146 e. The summed E-state index contributed by atoms with van der Waals surface area (Å²) in [4.78, 5) is 0. The smallest absolute Gasteiger partial charge is 0.0146 e. The summed E-state index contributed by atoms with van der Waals surface area (Å²) in [6.45, 7) is 6.60. The van der Waals surface area contributed by atoms with Gasteiger partial charge in [0.15, 0.2) is 0 Å². The first-order chi connectivity index (χ1) is 11.7. The van der Waals surface area contributed by atoms with E-state index < -0.39 is 0 Å². The molecule has 0 aromatic heterocycles. The fourth-order valence-corrected chi connectivity index (χ4v) is 3.45. The van der Waals surface area contributed by atoms with Gasteiger partial charge in [-0.2, -0.15) is 0 Å². The number of hydrogen-bond donors (Lipinski definition) is 0. The molecular weight excluding hydrogens is 288 g/mol. The molecule has 0 unspecified atom stereocenters. The number of benzene rings is 4. The highest BCUT2D eigenvalue weighted by Crippen LogP contribution is 2.30. The van der Waals surface area contributed by atoms with Crippen molar-refractivity contribution in [2.24, 2.45) is 0 Å². The number of hydrogen-bond acceptors (Lipinski definition) is 0. The van der Waals surface area contributed by atoms with E-state index in [0.29, 0.717) is 0 Å². The molecule has 4 rings (SSSR count). The third kappa shape index (κ3) is 2.49. The first-order valence-corrected chi connectivity index (χ1v) is 8.69. The quantitative estimate of drug-likeness (QED) is 0.380. The van der Waals surface area contributed by atoms with Crippen LogP contribution < -0.4 is 0 Å². The fraction of sp³-hybridized carbons (Fsp3) is 0.167. The molecule has 0 atom stereocenters. The first-order valence-electron chi connectivity index (χ1n) is 8.69. The minimum absolute atomic E-state index is 1.08. The van der Waals surface area contributed by atoms with Gasteiger partial charge in [-0.3, -0.25) is 0 Å². The van der Waals surface area contributed by atoms with Crippen molar-refractivity contribution in [2.45, 2.75) is 27.2 Å². The SMILES string of the molecule is CCc1ccc2cc(-c3ccc4ccc(C)c(C)c4c3)ccc2c1. The monoisotopic (exact) mass is 310 g/mol. The lowest BCUT2D eigenvalue weighted by molar-refractivity contribution is 1.15. The van der Waals surface area contributed by atoms with Gasteiger partial charge in [-0.05, 0) is 81.8 Å². The van der Waals surface area contributed by atoms with Crippen molar-refractivity contribution >= 4 is 21.5 Å². The normalized spacial score (nSPS) is 11.3. The molecule has 0 amide bonds. The number of rotatable bonds is 2. The summed E-state index contributed by atoms with van der Waals surface area (Å²) in [7, 11) is 0. The average Bonchev–Trinajstić information content (AvgIpc) is 2.63. The van der Waals surface area contributed by atoms with Crippen molar-refractivity contribution in [1.29, 1.82) is 0 Å². The van der Waals surface area contributed by atoms with Crippen LogP contribution in [0.4, 0.5) is 0 Å². The zero-order valence-corrected chi connectivity index (χ0v) is 14.6. The van der Waals surface area contributed by atoms with Crippen LogP contribution in [0.5, 0.6) is 0 Å². The van der Waals surface area contributed by atoms with Crippen molar-refractivity contribution < 1.29 is 0 Å². The molecule has 4 aromatic rings. The van der Waals surface area contributed by atoms with Gasteiger partial charge >= 0.3 is 0 Å². The minimum atomic E-state index is 1.08. The summed E-state index contributed by atoms with van der Waals surface area (Å²) in [5.41, 5.74) is 6.70. The van der Waals surface area contributed by atoms with Gasteiger partial charge in [-0.1, -0.05) is 61.5 Å². The molecule has 0 heterocycles. The molecule has 0 aliphatic carbocycles. The molecule has 0 aliphatic rings. The Labute approximate surface area is 143 Å². The third-order valence-electron chi connectivity index (χ3n) is 5.21. The van der Waals surface area contributed by atoms with Gasteiger partial charge in [0.2, 0.25) is 0 Å². The van der Waals surface area contributed by atoms with Crippen LogP contribution in [0.25, 0.3) is 32.7 Å². The predicted octanol–water partition coefficient (Wildman–Crippen LogP) is 6.84. The summed E-state index contributed by atoms with van der Waals surface area (Å²) < 4.78 is 0. The largest absolute Gasteiger partial charge is 0.0613 e. The van der Waals surface area contributed by atoms with Crippen molar-refractivity contribution in [3.63, 3.8) is 0 Å². The first kappa shape index (κ1) is 15.0. The van der Waals surface area contributed by atoms with Gasteiger partial charge in [-0.25, -0.2) is 0 Å². The fourth-order valence-electron chi connectivity index (χ4n) is 3.45. The van der Waals surface area contributed by atoms with Crippen LogP contribution in [0.2, 0.25) is 0 Å². The lowest BCUT2D eigenvalue weighted by Crippen LogP contribution is -1.86. The van der Waals surface area contributed by atoms with Gasteiger partial charge in [-0.15, -0.1) is 0 Å². The second-order valence-electron chi connectivity index (χ2n) is 6.69. The van der Waals surface area contributed by atoms with Gasteiger partial charge in [0, 0.05) is 0 Å². The molecule has 0 N–H and O–H groups in total. The Balaban J connectivity index is 1.87. The lowest BCUT2D eigenvalue weighted by Gasteiger charge is -2.10. The summed E-state index contributed by atoms with van der Waals surface area (Å²) in [6.07, 6.45) is 1.08. The van der Waals surface area contributed by atoms with E-state index in [1.165, 1.54) is 49.4 Å². The van der Waals surface area contributed by atoms with E-state index in [2.05, 4.69) is 87.5 Å². The van der Waals surface area contributed by atoms with E-state index in [9.17, 15) is 0 Å². The van der Waals surface area contributed by atoms with E-state index in [1.807, 2.05) is 0 Å². The zero-order valence-electron chi connectivity index (χ0n) is 14.6. The molecule has 0 fully saturated rings. The Morgan fingerprint density at radius 1 is 0.625 bits per heavy atom. The summed E-state index contributed by atoms with van der Waals surface area (Å²) in [5.74, 6) is 0. The minimum Gasteiger partial charge on any atom is -0.0613 e. The highest BCUT2D eigenvalue weighted by atomic mass is 14.1. The van der Waals surface area contributed by atoms with Gasteiger partial charge in [0.1, 0.15) is 0 Å². The molecule has 24 heavy (non-hydrogen) atoms. The molecular formula is C24H22. The Kier molecular flexibility index (Phi) is 3.61. The number of aryl methyl sites for hydroxylation is 3. The van der Waals surface area contributed by atoms with Gasteiger partial charge < -0.3 is 0 Å². The van der Waals surface area contributed by atoms with Crippen LogP contribution in [-0.4, -0.2) is 0 Å². The standard InChI is InChI=1S/C24H22/c1-4-18-6-8-21-14-22(12-11-20(21)13-18)23-10-9-19-7-5-16(2)17(3)24(19)15-23/h5-15H,4H2,1-3H3. The topological polar surface area (TPSA) is 0 Å². The molecule has 0 aliphatic heterocycles. The van der Waals surface area contributed by atoms with Crippen LogP contribution in [0.3, 0.4) is 0 Å². The molecule has 0 nitrogen and oxygen atoms in total. The van der Waals surface area contributed by atoms with Crippen molar-refractivity contribution in [3.05, 3.63) is 83.4 Å². The Morgan fingerprint density at radius 2 is 1.25 bits per heavy atom. The summed E-state index contributed by atoms with van der Waals surface area (Å²) in [5, 5.41) is 5.31. The Bertz CT molecular complexity index is 1050. The van der Waals surface area contributed by atoms with Crippen LogP contribution in [0, 0.1) is 13.8 Å². The molecule has 4 aromatic carbocycles. The highest BCUT2D eigenvalue weighted by molar-refractivity contribution is 5.93. The van der Waals surface area contributed by atoms with E-state index >= 15 is 0 Å². The van der Waals surface area contributed by atoms with Crippen molar-refractivity contribution in [3.8, 4) is 11.1 Å². The number of fused-ring (bicyclic) bond motifs is 2. The molecule has 118 valence electrons. The molecule has 0 heteroatoms. The van der Waals surface area contributed by atoms with Crippen LogP contribution in [0.15, 0.2) is 66.7 Å². The van der Waals surface area contributed by atoms with E-state index in [0.717, 1.165) is 6.42 Å². The molecule has 0 radical (unpaired) electrons. The summed E-state index contributed by atoms with van der Waals surface area (Å²) >= 11 is 0. The maximum absolute atomic E-state index is 2.33. The zero-order chi connectivity index (χ0) is 16.7. The molecule has 0 spiro atoms. The summed E-state index contributed by atoms with van der Waals surface area (Å²) in [6, 6.07) is 24.8. The lowest BCUT2D eigenvalue weighted by atomic mass is 9.95. The van der Waals surface area contributed by atoms with Crippen molar-refractivity contribution in [1.82, 2.24) is 0 Å². The Hall–Kier alpha value is -2.60. The molecule has 0 saturated carbocycles. The van der Waals surface area contributed by atoms with Crippen molar-refractivity contribution in [2.75, 3.05) is 0 Å². The second-order valence-corrected chi connectivity index (χ2v) is 6.69. The molecule has 0 saturated heterocycles. The van der Waals surface area contributed by atoms with Gasteiger partial charge in [0.05, 0.1) is 0 Å². The molecule has 0 bridgehead atoms. The van der Waals surface area contributed by atoms with E-state index in [1.54, 1.807) is 0 Å². The van der Waals surface area contributed by atoms with Crippen LogP contribution >= 0.6 is 0 Å². The van der Waals surface area contributed by atoms with E-state index in [4.69, 9.17) is 0 Å². The van der Waals surface area contributed by atoms with Crippen LogP contribution in [0.1, 0.15) is 23.6 Å². The maximum atomic E-state index is 2.33. The van der Waals surface area contributed by atoms with Gasteiger partial charge in [0.25, 0.3) is 0 Å². The highest BCUT2D eigenvalue weighted by Gasteiger charge is 2.05. The van der Waals surface area contributed by atoms with E-state index in [-0.39, 0.29) is 0 Å². The Morgan fingerprint density at radius 3 is 2.04 bits per heavy atom. The average molecular weight is 310 g/mol. The predicted molar refractivity (Wildman–Crippen MR) is 106 cm³/mol. The van der Waals surface area contributed by atoms with Crippen LogP contribution in [-0.2, 0) is 6.42 Å². The third-order valence-corrected chi connectivity index (χ3v) is 5.21.